The first-order chi connectivity index (χ1) is 29.5. The molecule has 282 valence electrons. The van der Waals surface area contributed by atoms with Gasteiger partial charge in [-0.15, -0.1) is 0 Å². The number of aromatic nitrogens is 3. The number of para-hydroxylation sites is 5. The first-order valence-electron chi connectivity index (χ1n) is 20.9. The summed E-state index contributed by atoms with van der Waals surface area (Å²) in [4.78, 5) is 0. The Balaban J connectivity index is 1.12. The fourth-order valence-electron chi connectivity index (χ4n) is 10.7. The number of hydrogen-bond acceptors (Lipinski definition) is 0. The zero-order chi connectivity index (χ0) is 39.7. The first kappa shape index (κ1) is 33.4. The molecule has 0 spiro atoms. The Labute approximate surface area is 347 Å². The molecule has 0 N–H and O–H groups in total. The second kappa shape index (κ2) is 12.2. The van der Waals surface area contributed by atoms with Crippen LogP contribution in [-0.4, -0.2) is 13.7 Å². The summed E-state index contributed by atoms with van der Waals surface area (Å²) in [5.41, 5.74) is 18.3. The van der Waals surface area contributed by atoms with Crippen molar-refractivity contribution in [2.75, 3.05) is 0 Å². The summed E-state index contributed by atoms with van der Waals surface area (Å²) in [5.74, 6) is 0. The van der Waals surface area contributed by atoms with E-state index in [0.717, 1.165) is 17.1 Å². The molecule has 3 aromatic heterocycles. The molecule has 3 nitrogen and oxygen atoms in total. The Morgan fingerprint density at radius 2 is 0.750 bits per heavy atom. The van der Waals surface area contributed by atoms with Crippen molar-refractivity contribution in [3.8, 4) is 39.3 Å². The standard InChI is InChI=1S/C57H39N3/c1-57(2)49-23-11-6-18-41(49)46-34-48-45-22-10-15-27-54(45)60(56(48)35-50(46)57)40-31-37(30-39(33-40)59-51-24-12-7-19-42(51)43-20-8-13-25-52(43)59)36-28-29-55-47(32-36)44-21-9-14-26-53(44)58(55)38-16-4-3-5-17-38/h3-35H,1-2H3. The van der Waals surface area contributed by atoms with Crippen molar-refractivity contribution in [2.45, 2.75) is 19.3 Å². The van der Waals surface area contributed by atoms with E-state index in [1.54, 1.807) is 0 Å². The molecule has 0 saturated carbocycles. The lowest BCUT2D eigenvalue weighted by Gasteiger charge is -2.22. The SMILES string of the molecule is CC1(C)c2ccccc2-c2cc3c4ccccc4n(-c4cc(-c5ccc6c(c5)c5ccccc5n6-c5ccccc5)cc(-n5c6ccccc6c6ccccc65)c4)c3cc21. The molecule has 0 saturated heterocycles. The van der Waals surface area contributed by atoms with E-state index in [1.807, 2.05) is 0 Å². The molecule has 3 heterocycles. The van der Waals surface area contributed by atoms with Gasteiger partial charge in [0.05, 0.1) is 33.1 Å². The van der Waals surface area contributed by atoms with E-state index < -0.39 is 0 Å². The third-order valence-corrected chi connectivity index (χ3v) is 13.4. The molecule has 1 aliphatic rings. The topological polar surface area (TPSA) is 14.8 Å². The molecule has 9 aromatic carbocycles. The van der Waals surface area contributed by atoms with Gasteiger partial charge in [0, 0.05) is 54.8 Å². The second-order valence-electron chi connectivity index (χ2n) is 17.0. The molecule has 0 amide bonds. The van der Waals surface area contributed by atoms with Crippen LogP contribution in [0.4, 0.5) is 0 Å². The van der Waals surface area contributed by atoms with E-state index in [0.29, 0.717) is 0 Å². The third kappa shape index (κ3) is 4.55. The predicted molar refractivity (Wildman–Crippen MR) is 252 cm³/mol. The lowest BCUT2D eigenvalue weighted by atomic mass is 9.82. The van der Waals surface area contributed by atoms with E-state index in [9.17, 15) is 0 Å². The number of fused-ring (bicyclic) bond motifs is 12. The number of benzene rings is 9. The van der Waals surface area contributed by atoms with Crippen LogP contribution in [0.15, 0.2) is 200 Å². The van der Waals surface area contributed by atoms with Gasteiger partial charge >= 0.3 is 0 Å². The Hall–Kier alpha value is -7.62. The van der Waals surface area contributed by atoms with E-state index >= 15 is 0 Å². The molecule has 0 unspecified atom stereocenters. The highest BCUT2D eigenvalue weighted by molar-refractivity contribution is 6.13. The normalized spacial score (nSPS) is 13.3. The van der Waals surface area contributed by atoms with Crippen molar-refractivity contribution >= 4 is 65.4 Å². The van der Waals surface area contributed by atoms with Crippen molar-refractivity contribution in [3.05, 3.63) is 211 Å². The quantitative estimate of drug-likeness (QED) is 0.169. The smallest absolute Gasteiger partial charge is 0.0544 e. The summed E-state index contributed by atoms with van der Waals surface area (Å²) in [5, 5.41) is 7.53. The zero-order valence-electron chi connectivity index (χ0n) is 33.4. The first-order valence-corrected chi connectivity index (χ1v) is 20.9. The van der Waals surface area contributed by atoms with E-state index in [-0.39, 0.29) is 5.41 Å². The molecule has 3 heteroatoms. The van der Waals surface area contributed by atoms with Gasteiger partial charge in [-0.25, -0.2) is 0 Å². The minimum absolute atomic E-state index is 0.119. The van der Waals surface area contributed by atoms with Crippen molar-refractivity contribution in [3.63, 3.8) is 0 Å². The van der Waals surface area contributed by atoms with Crippen LogP contribution in [0, 0.1) is 0 Å². The number of hydrogen-bond donors (Lipinski definition) is 0. The van der Waals surface area contributed by atoms with Crippen molar-refractivity contribution in [1.82, 2.24) is 13.7 Å². The highest BCUT2D eigenvalue weighted by Crippen LogP contribution is 2.51. The summed E-state index contributed by atoms with van der Waals surface area (Å²) in [6.45, 7) is 4.75. The van der Waals surface area contributed by atoms with Crippen LogP contribution >= 0.6 is 0 Å². The lowest BCUT2D eigenvalue weighted by molar-refractivity contribution is 0.661. The molecular formula is C57H39N3. The van der Waals surface area contributed by atoms with Crippen LogP contribution in [-0.2, 0) is 5.41 Å². The monoisotopic (exact) mass is 765 g/mol. The number of nitrogens with zero attached hydrogens (tertiary/aromatic N) is 3. The maximum absolute atomic E-state index is 2.52. The molecule has 12 aromatic rings. The van der Waals surface area contributed by atoms with Crippen molar-refractivity contribution in [2.24, 2.45) is 0 Å². The summed E-state index contributed by atoms with van der Waals surface area (Å²) in [6.07, 6.45) is 0. The van der Waals surface area contributed by atoms with Gasteiger partial charge in [0.1, 0.15) is 0 Å². The molecule has 0 radical (unpaired) electrons. The Morgan fingerprint density at radius 3 is 1.37 bits per heavy atom. The molecular weight excluding hydrogens is 727 g/mol. The van der Waals surface area contributed by atoms with Gasteiger partial charge in [-0.2, -0.15) is 0 Å². The highest BCUT2D eigenvalue weighted by Gasteiger charge is 2.36. The molecule has 1 aliphatic carbocycles. The molecule has 60 heavy (non-hydrogen) atoms. The largest absolute Gasteiger partial charge is 0.309 e. The van der Waals surface area contributed by atoms with Gasteiger partial charge < -0.3 is 13.7 Å². The van der Waals surface area contributed by atoms with Crippen LogP contribution in [0.5, 0.6) is 0 Å². The minimum Gasteiger partial charge on any atom is -0.309 e. The molecule has 0 fully saturated rings. The second-order valence-corrected chi connectivity index (χ2v) is 17.0. The van der Waals surface area contributed by atoms with Gasteiger partial charge in [0.25, 0.3) is 0 Å². The third-order valence-electron chi connectivity index (χ3n) is 13.4. The Morgan fingerprint density at radius 1 is 0.283 bits per heavy atom. The van der Waals surface area contributed by atoms with Gasteiger partial charge in [0.15, 0.2) is 0 Å². The summed E-state index contributed by atoms with van der Waals surface area (Å²) < 4.78 is 7.37. The molecule has 13 rings (SSSR count). The molecule has 0 atom stereocenters. The average Bonchev–Trinajstić information content (AvgIpc) is 3.99. The van der Waals surface area contributed by atoms with Crippen LogP contribution in [0.1, 0.15) is 25.0 Å². The highest BCUT2D eigenvalue weighted by atomic mass is 15.0. The van der Waals surface area contributed by atoms with Gasteiger partial charge in [-0.3, -0.25) is 0 Å². The van der Waals surface area contributed by atoms with E-state index in [2.05, 4.69) is 228 Å². The Bertz CT molecular complexity index is 3690. The van der Waals surface area contributed by atoms with Crippen molar-refractivity contribution < 1.29 is 0 Å². The van der Waals surface area contributed by atoms with Crippen LogP contribution in [0.25, 0.3) is 105 Å². The summed E-state index contributed by atoms with van der Waals surface area (Å²) in [7, 11) is 0. The fraction of sp³-hybridized carbons (Fsp3) is 0.0526. The van der Waals surface area contributed by atoms with E-state index in [1.165, 1.54) is 98.8 Å². The average molecular weight is 766 g/mol. The maximum atomic E-state index is 2.52. The van der Waals surface area contributed by atoms with E-state index in [4.69, 9.17) is 0 Å². The van der Waals surface area contributed by atoms with Crippen LogP contribution in [0.2, 0.25) is 0 Å². The summed E-state index contributed by atoms with van der Waals surface area (Å²) >= 11 is 0. The maximum Gasteiger partial charge on any atom is 0.0544 e. The Kier molecular flexibility index (Phi) is 6.78. The summed E-state index contributed by atoms with van der Waals surface area (Å²) in [6, 6.07) is 74.3. The van der Waals surface area contributed by atoms with Gasteiger partial charge in [0.2, 0.25) is 0 Å². The van der Waals surface area contributed by atoms with Crippen molar-refractivity contribution in [1.29, 1.82) is 0 Å². The minimum atomic E-state index is -0.119. The van der Waals surface area contributed by atoms with Crippen LogP contribution in [0.3, 0.4) is 0 Å². The number of rotatable bonds is 4. The predicted octanol–water partition coefficient (Wildman–Crippen LogP) is 15.0. The van der Waals surface area contributed by atoms with Crippen LogP contribution < -0.4 is 0 Å². The van der Waals surface area contributed by atoms with Gasteiger partial charge in [-0.05, 0) is 112 Å². The zero-order valence-corrected chi connectivity index (χ0v) is 33.4. The fourth-order valence-corrected chi connectivity index (χ4v) is 10.7. The van der Waals surface area contributed by atoms with Gasteiger partial charge in [-0.1, -0.05) is 135 Å². The molecule has 0 aliphatic heterocycles. The molecule has 0 bridgehead atoms. The lowest BCUT2D eigenvalue weighted by Crippen LogP contribution is -2.15.